The minimum absolute atomic E-state index is 0.0182. The van der Waals surface area contributed by atoms with Crippen molar-refractivity contribution in [3.05, 3.63) is 30.0 Å². The third-order valence-corrected chi connectivity index (χ3v) is 6.85. The Hall–Kier alpha value is -4.62. The number of hydrogen-bond donors (Lipinski definition) is 2. The van der Waals surface area contributed by atoms with E-state index in [-0.39, 0.29) is 17.4 Å². The summed E-state index contributed by atoms with van der Waals surface area (Å²) in [5.41, 5.74) is 9.02. The van der Waals surface area contributed by atoms with Gasteiger partial charge in [-0.1, -0.05) is 5.16 Å². The van der Waals surface area contributed by atoms with E-state index in [0.29, 0.717) is 58.5 Å². The molecule has 1 aliphatic carbocycles. The summed E-state index contributed by atoms with van der Waals surface area (Å²) in [4.78, 5) is 41.9. The first-order valence-corrected chi connectivity index (χ1v) is 12.6. The van der Waals surface area contributed by atoms with Gasteiger partial charge in [0, 0.05) is 37.3 Å². The lowest BCUT2D eigenvalue weighted by atomic mass is 9.94. The number of fused-ring (bicyclic) bond motifs is 1. The van der Waals surface area contributed by atoms with E-state index in [2.05, 4.69) is 25.1 Å². The van der Waals surface area contributed by atoms with Gasteiger partial charge < -0.3 is 25.0 Å². The van der Waals surface area contributed by atoms with Crippen LogP contribution >= 0.6 is 0 Å². The largest absolute Gasteiger partial charge is 0.479 e. The molecule has 1 saturated heterocycles. The van der Waals surface area contributed by atoms with Crippen molar-refractivity contribution in [2.24, 2.45) is 0 Å². The van der Waals surface area contributed by atoms with Crippen LogP contribution in [-0.4, -0.2) is 76.6 Å². The van der Waals surface area contributed by atoms with Crippen LogP contribution in [0, 0.1) is 0 Å². The molecule has 1 aliphatic heterocycles. The van der Waals surface area contributed by atoms with Crippen LogP contribution in [0.3, 0.4) is 0 Å². The predicted octanol–water partition coefficient (Wildman–Crippen LogP) is 2.77. The molecule has 0 aromatic carbocycles. The summed E-state index contributed by atoms with van der Waals surface area (Å²) in [6, 6.07) is 0. The number of hydrogen-bond acceptors (Lipinski definition) is 11. The van der Waals surface area contributed by atoms with Crippen LogP contribution in [0.5, 0.6) is 0 Å². The molecule has 4 aromatic heterocycles. The molecule has 5 heterocycles. The van der Waals surface area contributed by atoms with Gasteiger partial charge in [0.1, 0.15) is 23.5 Å². The topological polar surface area (TPSA) is 188 Å². The SMILES string of the molecule is CC(C)(C)n1nc(-c2noc(C3CC3)c2-c2ncc(C3CN(C(=O)OCC(=O)O)C3)cn2)c2c(N)ncnc21. The number of rotatable bonds is 6. The van der Waals surface area contributed by atoms with Gasteiger partial charge in [-0.15, -0.1) is 0 Å². The van der Waals surface area contributed by atoms with Crippen molar-refractivity contribution in [1.29, 1.82) is 0 Å². The molecule has 1 amide bonds. The standard InChI is InChI=1S/C25H27N9O5/c1-25(2,3)34-23-17(21(26)29-11-30-23)18(31-34)19-16(20(39-32-19)12-4-5-12)22-27-6-13(7-28-22)14-8-33(9-14)24(37)38-10-15(35)36/h6-7,11-12,14H,4-5,8-10H2,1-3H3,(H,35,36)(H2,26,29,30). The minimum Gasteiger partial charge on any atom is -0.479 e. The zero-order chi connectivity index (χ0) is 27.5. The van der Waals surface area contributed by atoms with E-state index in [4.69, 9.17) is 25.2 Å². The zero-order valence-corrected chi connectivity index (χ0v) is 21.7. The molecule has 14 heteroatoms. The Morgan fingerprint density at radius 2 is 1.82 bits per heavy atom. The highest BCUT2D eigenvalue weighted by molar-refractivity contribution is 6.00. The second-order valence-electron chi connectivity index (χ2n) is 10.8. The highest BCUT2D eigenvalue weighted by atomic mass is 16.6. The number of carbonyl (C=O) groups excluding carboxylic acids is 1. The van der Waals surface area contributed by atoms with Gasteiger partial charge in [-0.05, 0) is 39.2 Å². The molecule has 202 valence electrons. The lowest BCUT2D eigenvalue weighted by molar-refractivity contribution is -0.140. The van der Waals surface area contributed by atoms with Crippen molar-refractivity contribution in [3.8, 4) is 22.8 Å². The normalized spacial score (nSPS) is 15.9. The molecule has 39 heavy (non-hydrogen) atoms. The number of amides is 1. The van der Waals surface area contributed by atoms with Gasteiger partial charge in [-0.25, -0.2) is 34.2 Å². The number of nitrogens with two attached hydrogens (primary N) is 1. The Labute approximate surface area is 222 Å². The first kappa shape index (κ1) is 24.7. The Kier molecular flexibility index (Phi) is 5.70. The van der Waals surface area contributed by atoms with E-state index in [1.807, 2.05) is 20.8 Å². The van der Waals surface area contributed by atoms with E-state index >= 15 is 0 Å². The van der Waals surface area contributed by atoms with Gasteiger partial charge in [0.25, 0.3) is 0 Å². The number of ether oxygens (including phenoxy) is 1. The smallest absolute Gasteiger partial charge is 0.410 e. The fourth-order valence-electron chi connectivity index (χ4n) is 4.64. The average Bonchev–Trinajstić information content (AvgIpc) is 3.47. The van der Waals surface area contributed by atoms with Crippen molar-refractivity contribution < 1.29 is 24.0 Å². The molecule has 0 bridgehead atoms. The maximum Gasteiger partial charge on any atom is 0.410 e. The van der Waals surface area contributed by atoms with E-state index in [1.54, 1.807) is 17.1 Å². The Balaban J connectivity index is 1.33. The molecular weight excluding hydrogens is 506 g/mol. The van der Waals surface area contributed by atoms with Crippen molar-refractivity contribution in [3.63, 3.8) is 0 Å². The molecule has 0 spiro atoms. The number of aromatic nitrogens is 7. The summed E-state index contributed by atoms with van der Waals surface area (Å²) < 4.78 is 12.4. The third kappa shape index (κ3) is 4.41. The summed E-state index contributed by atoms with van der Waals surface area (Å²) in [5.74, 6) is 0.498. The van der Waals surface area contributed by atoms with Crippen LogP contribution in [0.15, 0.2) is 23.2 Å². The lowest BCUT2D eigenvalue weighted by Crippen LogP contribution is -2.49. The Morgan fingerprint density at radius 1 is 1.10 bits per heavy atom. The first-order valence-electron chi connectivity index (χ1n) is 12.6. The van der Waals surface area contributed by atoms with E-state index < -0.39 is 18.7 Å². The number of anilines is 1. The highest BCUT2D eigenvalue weighted by Crippen LogP contribution is 2.48. The van der Waals surface area contributed by atoms with Crippen molar-refractivity contribution >= 4 is 28.9 Å². The average molecular weight is 534 g/mol. The summed E-state index contributed by atoms with van der Waals surface area (Å²) in [5, 5.41) is 18.5. The molecule has 0 atom stereocenters. The van der Waals surface area contributed by atoms with E-state index in [9.17, 15) is 9.59 Å². The maximum absolute atomic E-state index is 11.9. The summed E-state index contributed by atoms with van der Waals surface area (Å²) in [7, 11) is 0. The number of carboxylic acids is 1. The molecule has 4 aromatic rings. The van der Waals surface area contributed by atoms with Gasteiger partial charge in [-0.3, -0.25) is 0 Å². The predicted molar refractivity (Wildman–Crippen MR) is 137 cm³/mol. The van der Waals surface area contributed by atoms with Gasteiger partial charge in [0.2, 0.25) is 0 Å². The van der Waals surface area contributed by atoms with E-state index in [0.717, 1.165) is 18.4 Å². The summed E-state index contributed by atoms with van der Waals surface area (Å²) in [6.45, 7) is 6.19. The number of likely N-dealkylation sites (tertiary alicyclic amines) is 1. The van der Waals surface area contributed by atoms with Crippen LogP contribution in [0.25, 0.3) is 33.8 Å². The van der Waals surface area contributed by atoms with Crippen LogP contribution < -0.4 is 5.73 Å². The molecule has 3 N–H and O–H groups in total. The Morgan fingerprint density at radius 3 is 2.46 bits per heavy atom. The fraction of sp³-hybridized carbons (Fsp3) is 0.440. The number of nitrogens with zero attached hydrogens (tertiary/aromatic N) is 8. The van der Waals surface area contributed by atoms with Crippen molar-refractivity contribution in [2.45, 2.75) is 51.0 Å². The molecular formula is C25H27N9O5. The molecule has 0 unspecified atom stereocenters. The number of aliphatic carboxylic acids is 1. The third-order valence-electron chi connectivity index (χ3n) is 6.85. The van der Waals surface area contributed by atoms with Crippen LogP contribution in [0.2, 0.25) is 0 Å². The Bertz CT molecular complexity index is 1580. The van der Waals surface area contributed by atoms with E-state index in [1.165, 1.54) is 11.2 Å². The minimum atomic E-state index is -1.20. The van der Waals surface area contributed by atoms with Crippen LogP contribution in [0.1, 0.15) is 56.8 Å². The molecule has 1 saturated carbocycles. The summed E-state index contributed by atoms with van der Waals surface area (Å²) in [6.07, 6.45) is 6.18. The van der Waals surface area contributed by atoms with Crippen molar-refractivity contribution in [1.82, 2.24) is 39.8 Å². The van der Waals surface area contributed by atoms with Gasteiger partial charge in [-0.2, -0.15) is 5.10 Å². The number of carbonyl (C=O) groups is 2. The van der Waals surface area contributed by atoms with Crippen molar-refractivity contribution in [2.75, 3.05) is 25.4 Å². The summed E-state index contributed by atoms with van der Waals surface area (Å²) >= 11 is 0. The second kappa shape index (κ2) is 8.99. The number of carboxylic acid groups (broad SMARTS) is 1. The highest BCUT2D eigenvalue weighted by Gasteiger charge is 2.37. The quantitative estimate of drug-likeness (QED) is 0.369. The van der Waals surface area contributed by atoms with Gasteiger partial charge >= 0.3 is 12.1 Å². The van der Waals surface area contributed by atoms with Crippen LogP contribution in [0.4, 0.5) is 10.6 Å². The molecule has 14 nitrogen and oxygen atoms in total. The zero-order valence-electron chi connectivity index (χ0n) is 21.7. The number of nitrogen functional groups attached to an aromatic ring is 1. The lowest BCUT2D eigenvalue weighted by Gasteiger charge is -2.38. The van der Waals surface area contributed by atoms with Gasteiger partial charge in [0.05, 0.1) is 16.5 Å². The second-order valence-corrected chi connectivity index (χ2v) is 10.8. The molecule has 6 rings (SSSR count). The molecule has 0 radical (unpaired) electrons. The fourth-order valence-corrected chi connectivity index (χ4v) is 4.64. The molecule has 2 fully saturated rings. The monoisotopic (exact) mass is 533 g/mol. The first-order chi connectivity index (χ1) is 18.6. The van der Waals surface area contributed by atoms with Gasteiger partial charge in [0.15, 0.2) is 23.8 Å². The van der Waals surface area contributed by atoms with Crippen LogP contribution in [-0.2, 0) is 15.1 Å². The molecule has 2 aliphatic rings. The maximum atomic E-state index is 11.9.